The molecule has 0 bridgehead atoms. The third kappa shape index (κ3) is 7.15. The van der Waals surface area contributed by atoms with E-state index in [1.165, 1.54) is 11.3 Å². The van der Waals surface area contributed by atoms with Gasteiger partial charge >= 0.3 is 6.09 Å². The zero-order valence-electron chi connectivity index (χ0n) is 17.0. The smallest absolute Gasteiger partial charge is 0.407 e. The van der Waals surface area contributed by atoms with Gasteiger partial charge in [0.25, 0.3) is 0 Å². The third-order valence-corrected chi connectivity index (χ3v) is 5.70. The first-order valence-corrected chi connectivity index (χ1v) is 10.9. The number of alkyl carbamates (subject to hydrolysis) is 1. The first kappa shape index (κ1) is 22.9. The molecule has 0 aliphatic carbocycles. The van der Waals surface area contributed by atoms with E-state index in [0.29, 0.717) is 12.8 Å². The first-order valence-electron chi connectivity index (χ1n) is 10.0. The molecule has 0 spiro atoms. The quantitative estimate of drug-likeness (QED) is 0.383. The number of hydrogen-bond acceptors (Lipinski definition) is 7. The minimum atomic E-state index is -1.28. The molecule has 0 fully saturated rings. The summed E-state index contributed by atoms with van der Waals surface area (Å²) in [5.74, 6) is 0. The highest BCUT2D eigenvalue weighted by molar-refractivity contribution is 7.09. The van der Waals surface area contributed by atoms with Crippen LogP contribution in [0.3, 0.4) is 0 Å². The predicted molar refractivity (Wildman–Crippen MR) is 120 cm³/mol. The van der Waals surface area contributed by atoms with E-state index in [-0.39, 0.29) is 6.61 Å². The van der Waals surface area contributed by atoms with Gasteiger partial charge in [0.05, 0.1) is 22.5 Å². The van der Waals surface area contributed by atoms with Crippen molar-refractivity contribution in [3.63, 3.8) is 0 Å². The summed E-state index contributed by atoms with van der Waals surface area (Å²) in [5, 5.41) is 24.3. The summed E-state index contributed by atoms with van der Waals surface area (Å²) in [4.78, 5) is 17.1. The zero-order valence-corrected chi connectivity index (χ0v) is 17.8. The molecule has 1 amide bonds. The van der Waals surface area contributed by atoms with E-state index in [0.717, 1.165) is 16.0 Å². The molecule has 5 N–H and O–H groups in total. The van der Waals surface area contributed by atoms with Gasteiger partial charge in [0.15, 0.2) is 0 Å². The van der Waals surface area contributed by atoms with Crippen molar-refractivity contribution < 1.29 is 19.7 Å². The van der Waals surface area contributed by atoms with Crippen molar-refractivity contribution in [3.05, 3.63) is 88.4 Å². The van der Waals surface area contributed by atoms with Crippen molar-refractivity contribution in [2.45, 2.75) is 43.7 Å². The number of benzene rings is 2. The second-order valence-corrected chi connectivity index (χ2v) is 8.29. The Morgan fingerprint density at radius 1 is 1.00 bits per heavy atom. The van der Waals surface area contributed by atoms with Crippen LogP contribution in [0.25, 0.3) is 0 Å². The van der Waals surface area contributed by atoms with Crippen molar-refractivity contribution in [3.8, 4) is 0 Å². The van der Waals surface area contributed by atoms with Gasteiger partial charge in [-0.2, -0.15) is 0 Å². The lowest BCUT2D eigenvalue weighted by molar-refractivity contribution is -0.0172. The van der Waals surface area contributed by atoms with E-state index in [4.69, 9.17) is 10.5 Å². The number of rotatable bonds is 10. The lowest BCUT2D eigenvalue weighted by atomic mass is 9.92. The fraction of sp³-hybridized carbons (Fsp3) is 0.304. The van der Waals surface area contributed by atoms with Gasteiger partial charge < -0.3 is 26.0 Å². The van der Waals surface area contributed by atoms with Crippen LogP contribution in [0.1, 0.15) is 16.0 Å². The molecular weight excluding hydrogens is 414 g/mol. The number of aromatic nitrogens is 1. The van der Waals surface area contributed by atoms with Crippen LogP contribution in [0.15, 0.2) is 72.4 Å². The molecule has 3 rings (SSSR count). The Morgan fingerprint density at radius 3 is 2.19 bits per heavy atom. The molecule has 3 aromatic rings. The minimum Gasteiger partial charge on any atom is -0.444 e. The molecule has 2 aromatic carbocycles. The highest BCUT2D eigenvalue weighted by Gasteiger charge is 2.32. The normalized spacial score (nSPS) is 14.9. The Bertz CT molecular complexity index is 909. The number of aliphatic hydroxyl groups is 2. The van der Waals surface area contributed by atoms with Crippen LogP contribution in [-0.2, 0) is 24.2 Å². The van der Waals surface area contributed by atoms with Crippen LogP contribution in [0.2, 0.25) is 0 Å². The van der Waals surface area contributed by atoms with Gasteiger partial charge in [-0.1, -0.05) is 60.7 Å². The fourth-order valence-electron chi connectivity index (χ4n) is 3.27. The van der Waals surface area contributed by atoms with Crippen molar-refractivity contribution in [2.24, 2.45) is 5.73 Å². The zero-order chi connectivity index (χ0) is 22.1. The van der Waals surface area contributed by atoms with Crippen LogP contribution in [-0.4, -0.2) is 45.6 Å². The van der Waals surface area contributed by atoms with Crippen LogP contribution >= 0.6 is 11.3 Å². The number of thiazole rings is 1. The molecule has 1 aromatic heterocycles. The molecule has 0 aliphatic rings. The SMILES string of the molecule is N[C@@H](Cc1ccccc1)[C@@H](O)[C@H](O)[C@H](Cc1ccccc1)NC(=O)OCc1cncs1. The maximum absolute atomic E-state index is 12.4. The predicted octanol–water partition coefficient (Wildman–Crippen LogP) is 2.27. The lowest BCUT2D eigenvalue weighted by Gasteiger charge is -2.30. The standard InChI is InChI=1S/C23H27N3O4S/c24-19(11-16-7-3-1-4-8-16)21(27)22(28)20(12-17-9-5-2-6-10-17)26-23(29)30-14-18-13-25-15-31-18/h1-10,13,15,19-22,27-28H,11-12,14,24H2,(H,26,29)/t19-,20-,21+,22+/m0/s1. The maximum Gasteiger partial charge on any atom is 0.407 e. The number of carbonyl (C=O) groups excluding carboxylic acids is 1. The molecule has 8 heteroatoms. The highest BCUT2D eigenvalue weighted by Crippen LogP contribution is 2.14. The van der Waals surface area contributed by atoms with Gasteiger partial charge in [-0.15, -0.1) is 11.3 Å². The van der Waals surface area contributed by atoms with Crippen molar-refractivity contribution in [1.82, 2.24) is 10.3 Å². The molecule has 4 atom stereocenters. The molecule has 31 heavy (non-hydrogen) atoms. The average molecular weight is 442 g/mol. The number of nitrogens with two attached hydrogens (primary N) is 1. The Labute approximate surface area is 185 Å². The topological polar surface area (TPSA) is 118 Å². The van der Waals surface area contributed by atoms with Crippen molar-refractivity contribution in [1.29, 1.82) is 0 Å². The monoisotopic (exact) mass is 441 g/mol. The minimum absolute atomic E-state index is 0.0841. The molecule has 0 saturated carbocycles. The van der Waals surface area contributed by atoms with Gasteiger partial charge in [0.1, 0.15) is 12.7 Å². The van der Waals surface area contributed by atoms with E-state index in [1.807, 2.05) is 60.7 Å². The summed E-state index contributed by atoms with van der Waals surface area (Å²) in [5.41, 5.74) is 9.69. The Kier molecular flexibility index (Phi) is 8.54. The maximum atomic E-state index is 12.4. The fourth-order valence-corrected chi connectivity index (χ4v) is 3.77. The molecule has 0 aliphatic heterocycles. The van der Waals surface area contributed by atoms with E-state index >= 15 is 0 Å². The Morgan fingerprint density at radius 2 is 1.61 bits per heavy atom. The van der Waals surface area contributed by atoms with Crippen LogP contribution in [0, 0.1) is 0 Å². The van der Waals surface area contributed by atoms with Crippen LogP contribution in [0.5, 0.6) is 0 Å². The number of nitrogens with one attached hydrogen (secondary N) is 1. The number of aliphatic hydroxyl groups excluding tert-OH is 2. The number of carbonyl (C=O) groups is 1. The molecular formula is C23H27N3O4S. The average Bonchev–Trinajstić information content (AvgIpc) is 3.31. The van der Waals surface area contributed by atoms with Crippen LogP contribution < -0.4 is 11.1 Å². The molecule has 164 valence electrons. The number of nitrogens with zero attached hydrogens (tertiary/aromatic N) is 1. The van der Waals surface area contributed by atoms with Gasteiger partial charge in [0, 0.05) is 12.2 Å². The lowest BCUT2D eigenvalue weighted by Crippen LogP contribution is -2.55. The van der Waals surface area contributed by atoms with E-state index in [1.54, 1.807) is 11.7 Å². The largest absolute Gasteiger partial charge is 0.444 e. The summed E-state index contributed by atoms with van der Waals surface area (Å²) in [6.07, 6.45) is -0.872. The van der Waals surface area contributed by atoms with Gasteiger partial charge in [-0.05, 0) is 24.0 Å². The third-order valence-electron chi connectivity index (χ3n) is 4.95. The van der Waals surface area contributed by atoms with E-state index < -0.39 is 30.4 Å². The molecule has 7 nitrogen and oxygen atoms in total. The van der Waals surface area contributed by atoms with Gasteiger partial charge in [0.2, 0.25) is 0 Å². The van der Waals surface area contributed by atoms with E-state index in [2.05, 4.69) is 10.3 Å². The summed E-state index contributed by atoms with van der Waals surface area (Å²) in [6, 6.07) is 17.4. The molecule has 0 unspecified atom stereocenters. The van der Waals surface area contributed by atoms with Gasteiger partial charge in [-0.3, -0.25) is 4.98 Å². The summed E-state index contributed by atoms with van der Waals surface area (Å²) >= 11 is 1.38. The molecule has 0 saturated heterocycles. The highest BCUT2D eigenvalue weighted by atomic mass is 32.1. The van der Waals surface area contributed by atoms with Crippen LogP contribution in [0.4, 0.5) is 4.79 Å². The number of hydrogen-bond donors (Lipinski definition) is 4. The second kappa shape index (κ2) is 11.6. The first-order chi connectivity index (χ1) is 15.0. The van der Waals surface area contributed by atoms with Crippen molar-refractivity contribution in [2.75, 3.05) is 0 Å². The van der Waals surface area contributed by atoms with E-state index in [9.17, 15) is 15.0 Å². The Balaban J connectivity index is 1.65. The summed E-state index contributed by atoms with van der Waals surface area (Å²) in [6.45, 7) is 0.0841. The molecule has 1 heterocycles. The number of ether oxygens (including phenoxy) is 1. The second-order valence-electron chi connectivity index (χ2n) is 7.32. The molecule has 0 radical (unpaired) electrons. The summed E-state index contributed by atoms with van der Waals surface area (Å²) in [7, 11) is 0. The van der Waals surface area contributed by atoms with Gasteiger partial charge in [-0.25, -0.2) is 4.79 Å². The number of amides is 1. The van der Waals surface area contributed by atoms with Crippen molar-refractivity contribution >= 4 is 17.4 Å². The summed E-state index contributed by atoms with van der Waals surface area (Å²) < 4.78 is 5.24. The Hall–Kier alpha value is -2.78.